The summed E-state index contributed by atoms with van der Waals surface area (Å²) in [6.07, 6.45) is -1.94. The topological polar surface area (TPSA) is 567 Å². The fraction of sp³-hybridized carbons (Fsp3) is 0.600. The lowest BCUT2D eigenvalue weighted by Gasteiger charge is -2.29. The molecular formula is C60H92N16O19S2. The summed E-state index contributed by atoms with van der Waals surface area (Å²) >= 11 is 7.94. The quantitative estimate of drug-likeness (QED) is 0.0131. The minimum absolute atomic E-state index is 0.0165. The second-order valence-corrected chi connectivity index (χ2v) is 25.0. The van der Waals surface area contributed by atoms with Gasteiger partial charge in [-0.1, -0.05) is 59.7 Å². The number of nitrogens with one attached hydrogen (secondary N) is 11. The van der Waals surface area contributed by atoms with Gasteiger partial charge in [-0.25, -0.2) is 4.79 Å². The number of fused-ring (bicyclic) bond motifs is 1. The van der Waals surface area contributed by atoms with Crippen molar-refractivity contribution >= 4 is 131 Å². The second-order valence-electron chi connectivity index (χ2n) is 24.3. The van der Waals surface area contributed by atoms with Crippen LogP contribution in [0.5, 0.6) is 0 Å². The fourth-order valence-corrected chi connectivity index (χ4v) is 10.5. The van der Waals surface area contributed by atoms with Gasteiger partial charge in [0.2, 0.25) is 65.0 Å². The molecule has 0 aliphatic carbocycles. The Bertz CT molecular complexity index is 3180. The molecule has 1 aliphatic rings. The molecule has 1 aromatic carbocycles. The summed E-state index contributed by atoms with van der Waals surface area (Å²) in [5.41, 5.74) is 18.0. The standard InChI is InChI=1S/C60H92N16O19S2/c1-28(2)21-38(70-51(86)35(13-9-19-64-60(62)63)68-53(88)40(23-46(82)83)71-52(87)37(16-18-45(80)81)67-49(84)33(61)26-96)54(89)74-47(29(3)4)57(92)69-36(15-17-44(78)79)50(85)66-25-43(77)76-20-10-14-42(76)56(91)72-39(22-31-24-65-34-12-8-7-11-32(31)34)55(90)75-48(30(5)6)58(93)73-41(27-97)59(94)95/h7-8,11-12,24,28-30,33,35-42,47-48,65,96-97H,9-10,13-23,25-27,61H2,1-6H3,(H,66,85)(H,67,84)(H,68,88)(H,69,92)(H,70,86)(H,71,87)(H,72,91)(H,73,93)(H,74,89)(H,75,90)(H,78,79)(H,80,81)(H,82,83)(H,94,95)(H4,62,63,64)/t33-,35-,36-,37-,38-,39-,40-,41-,42-,47-,48-/m0/s1. The molecule has 1 aliphatic heterocycles. The molecule has 0 spiro atoms. The highest BCUT2D eigenvalue weighted by atomic mass is 32.1. The number of nitrogens with zero attached hydrogens (tertiary/aromatic N) is 2. The van der Waals surface area contributed by atoms with Gasteiger partial charge in [-0.2, -0.15) is 25.3 Å². The molecule has 1 saturated heterocycles. The molecule has 21 N–H and O–H groups in total. The van der Waals surface area contributed by atoms with E-state index < -0.39 is 206 Å². The molecule has 0 unspecified atom stereocenters. The number of thiol groups is 2. The van der Waals surface area contributed by atoms with E-state index in [-0.39, 0.29) is 68.6 Å². The van der Waals surface area contributed by atoms with Crippen LogP contribution >= 0.6 is 25.3 Å². The maximum Gasteiger partial charge on any atom is 0.327 e. The van der Waals surface area contributed by atoms with Gasteiger partial charge in [-0.15, -0.1) is 0 Å². The highest BCUT2D eigenvalue weighted by Gasteiger charge is 2.40. The Morgan fingerprint density at radius 2 is 1.08 bits per heavy atom. The van der Waals surface area contributed by atoms with Gasteiger partial charge in [0, 0.05) is 61.0 Å². The van der Waals surface area contributed by atoms with Crippen molar-refractivity contribution in [3.63, 3.8) is 0 Å². The van der Waals surface area contributed by atoms with Crippen LogP contribution in [0.4, 0.5) is 0 Å². The number of rotatable bonds is 42. The number of aromatic amines is 1. The monoisotopic (exact) mass is 1400 g/mol. The number of carbonyl (C=O) groups is 15. The fourth-order valence-electron chi connectivity index (χ4n) is 10.1. The predicted molar refractivity (Wildman–Crippen MR) is 355 cm³/mol. The number of likely N-dealkylation sites (tertiary alicyclic amines) is 1. The minimum Gasteiger partial charge on any atom is -0.481 e. The number of nitrogens with two attached hydrogens (primary N) is 3. The van der Waals surface area contributed by atoms with E-state index in [0.29, 0.717) is 12.0 Å². The summed E-state index contributed by atoms with van der Waals surface area (Å²) in [6, 6.07) is -9.18. The van der Waals surface area contributed by atoms with Crippen LogP contribution in [0.1, 0.15) is 111 Å². The summed E-state index contributed by atoms with van der Waals surface area (Å²) in [7, 11) is 0. The average Bonchev–Trinajstić information content (AvgIpc) is 1.73. The van der Waals surface area contributed by atoms with Crippen molar-refractivity contribution in [2.75, 3.05) is 31.1 Å². The van der Waals surface area contributed by atoms with Gasteiger partial charge in [0.15, 0.2) is 5.96 Å². The number of benzene rings is 1. The van der Waals surface area contributed by atoms with Gasteiger partial charge in [0.05, 0.1) is 19.0 Å². The SMILES string of the molecule is CC(C)C[C@H](NC(=O)[C@H](CCCN=C(N)N)NC(=O)[C@H](CC(=O)O)NC(=O)[C@H](CCC(=O)O)NC(=O)[C@@H](N)CS)C(=O)N[C@H](C(=O)N[C@@H](CCC(=O)O)C(=O)NCC(=O)N1CCC[C@H]1C(=O)N[C@@H](Cc1c[nH]c2ccccc12)C(=O)N[C@H](C(=O)N[C@@H](CS)C(=O)O)C(C)C)C(C)C. The number of H-pyrrole nitrogens is 1. The van der Waals surface area contributed by atoms with Crippen molar-refractivity contribution in [1.29, 1.82) is 0 Å². The van der Waals surface area contributed by atoms with Crippen molar-refractivity contribution in [3.05, 3.63) is 36.0 Å². The molecule has 2 heterocycles. The average molecular weight is 1410 g/mol. The Labute approximate surface area is 569 Å². The third-order valence-electron chi connectivity index (χ3n) is 15.3. The van der Waals surface area contributed by atoms with Gasteiger partial charge >= 0.3 is 23.9 Å². The first-order valence-corrected chi connectivity index (χ1v) is 32.6. The third-order valence-corrected chi connectivity index (χ3v) is 16.1. The third kappa shape index (κ3) is 27.4. The Morgan fingerprint density at radius 3 is 1.61 bits per heavy atom. The molecule has 538 valence electrons. The van der Waals surface area contributed by atoms with Crippen molar-refractivity contribution in [1.82, 2.24) is 63.1 Å². The molecule has 3 rings (SSSR count). The molecular weight excluding hydrogens is 1310 g/mol. The van der Waals surface area contributed by atoms with E-state index in [1.165, 1.54) is 18.7 Å². The molecule has 11 atom stereocenters. The normalized spacial score (nSPS) is 15.9. The number of amides is 11. The summed E-state index contributed by atoms with van der Waals surface area (Å²) in [4.78, 5) is 208. The zero-order chi connectivity index (χ0) is 73.0. The molecule has 11 amide bonds. The lowest BCUT2D eigenvalue weighted by Crippen LogP contribution is -2.61. The molecule has 0 bridgehead atoms. The number of para-hydroxylation sites is 1. The summed E-state index contributed by atoms with van der Waals surface area (Å²) in [5.74, 6) is -18.8. The van der Waals surface area contributed by atoms with Crippen LogP contribution in [-0.2, 0) is 78.3 Å². The smallest absolute Gasteiger partial charge is 0.327 e. The van der Waals surface area contributed by atoms with Gasteiger partial charge in [-0.3, -0.25) is 72.1 Å². The molecule has 35 nitrogen and oxygen atoms in total. The van der Waals surface area contributed by atoms with Gasteiger partial charge in [-0.05, 0) is 74.3 Å². The van der Waals surface area contributed by atoms with Crippen LogP contribution in [0.3, 0.4) is 0 Å². The van der Waals surface area contributed by atoms with Gasteiger partial charge in [0.1, 0.15) is 60.4 Å². The number of hydrogen-bond donors (Lipinski definition) is 20. The number of aromatic nitrogens is 1. The number of carbonyl (C=O) groups excluding carboxylic acids is 11. The van der Waals surface area contributed by atoms with E-state index >= 15 is 0 Å². The molecule has 97 heavy (non-hydrogen) atoms. The van der Waals surface area contributed by atoms with Crippen molar-refractivity contribution in [2.45, 2.75) is 179 Å². The molecule has 1 aromatic heterocycles. The zero-order valence-electron chi connectivity index (χ0n) is 54.7. The van der Waals surface area contributed by atoms with Crippen LogP contribution < -0.4 is 70.4 Å². The Morgan fingerprint density at radius 1 is 0.588 bits per heavy atom. The number of aliphatic imine (C=N–C) groups is 1. The molecule has 1 fully saturated rings. The number of carboxylic acids is 4. The molecule has 2 aromatic rings. The number of carboxylic acid groups (broad SMARTS) is 4. The Balaban J connectivity index is 1.86. The molecule has 37 heteroatoms. The number of hydrogen-bond acceptors (Lipinski definition) is 19. The van der Waals surface area contributed by atoms with E-state index in [2.05, 4.69) is 88.4 Å². The minimum atomic E-state index is -1.96. The van der Waals surface area contributed by atoms with Gasteiger partial charge in [0.25, 0.3) is 0 Å². The van der Waals surface area contributed by atoms with Crippen molar-refractivity contribution in [2.24, 2.45) is 39.9 Å². The van der Waals surface area contributed by atoms with E-state index in [0.717, 1.165) is 10.9 Å². The number of aliphatic carboxylic acids is 4. The first kappa shape index (κ1) is 82.0. The Hall–Kier alpha value is -9.26. The number of guanidine groups is 1. The lowest BCUT2D eigenvalue weighted by molar-refractivity contribution is -0.142. The first-order chi connectivity index (χ1) is 45.6. The van der Waals surface area contributed by atoms with Crippen molar-refractivity contribution in [3.8, 4) is 0 Å². The first-order valence-electron chi connectivity index (χ1n) is 31.4. The maximum atomic E-state index is 14.3. The Kier molecular flexibility index (Phi) is 34.1. The van der Waals surface area contributed by atoms with Crippen LogP contribution in [0.15, 0.2) is 35.5 Å². The van der Waals surface area contributed by atoms with Crippen LogP contribution in [0.25, 0.3) is 10.9 Å². The second kappa shape index (κ2) is 40.3. The largest absolute Gasteiger partial charge is 0.481 e. The van der Waals surface area contributed by atoms with E-state index in [9.17, 15) is 92.3 Å². The zero-order valence-corrected chi connectivity index (χ0v) is 56.5. The molecule has 0 saturated carbocycles. The van der Waals surface area contributed by atoms with E-state index in [1.807, 2.05) is 0 Å². The summed E-state index contributed by atoms with van der Waals surface area (Å²) < 4.78 is 0. The summed E-state index contributed by atoms with van der Waals surface area (Å²) in [6.45, 7) is 8.79. The van der Waals surface area contributed by atoms with Crippen LogP contribution in [-0.4, -0.2) is 223 Å². The lowest BCUT2D eigenvalue weighted by atomic mass is 9.98. The van der Waals surface area contributed by atoms with Crippen molar-refractivity contribution < 1.29 is 92.3 Å². The molecule has 0 radical (unpaired) electrons. The maximum absolute atomic E-state index is 14.3. The highest BCUT2D eigenvalue weighted by molar-refractivity contribution is 7.80. The van der Waals surface area contributed by atoms with Crippen LogP contribution in [0.2, 0.25) is 0 Å². The highest BCUT2D eigenvalue weighted by Crippen LogP contribution is 2.22. The predicted octanol–water partition coefficient (Wildman–Crippen LogP) is -3.93. The van der Waals surface area contributed by atoms with Crippen LogP contribution in [0, 0.1) is 17.8 Å². The van der Waals surface area contributed by atoms with E-state index in [4.69, 9.17) is 17.2 Å². The summed E-state index contributed by atoms with van der Waals surface area (Å²) in [5, 5.41) is 63.5. The van der Waals surface area contributed by atoms with Gasteiger partial charge < -0.3 is 101 Å². The van der Waals surface area contributed by atoms with E-state index in [1.54, 1.807) is 58.2 Å².